The molecule has 2 aliphatic rings. The number of nitrogens with one attached hydrogen (secondary N) is 2. The summed E-state index contributed by atoms with van der Waals surface area (Å²) in [6.45, 7) is 6.21. The van der Waals surface area contributed by atoms with Crippen molar-refractivity contribution in [2.45, 2.75) is 39.2 Å². The first-order valence-corrected chi connectivity index (χ1v) is 9.88. The highest BCUT2D eigenvalue weighted by Crippen LogP contribution is 2.29. The molecule has 2 fully saturated rings. The zero-order valence-electron chi connectivity index (χ0n) is 16.1. The molecule has 6 heteroatoms. The van der Waals surface area contributed by atoms with Crippen molar-refractivity contribution < 1.29 is 9.32 Å². The molecule has 0 radical (unpaired) electrons. The maximum atomic E-state index is 13.0. The summed E-state index contributed by atoms with van der Waals surface area (Å²) in [6.07, 6.45) is 3.24. The fourth-order valence-electron chi connectivity index (χ4n) is 4.61. The number of piperidine rings is 1. The number of hydrazine groups is 1. The zero-order chi connectivity index (χ0) is 18.8. The maximum Gasteiger partial charge on any atom is 0.259 e. The predicted octanol–water partition coefficient (Wildman–Crippen LogP) is 2.48. The molecule has 144 valence electrons. The summed E-state index contributed by atoms with van der Waals surface area (Å²) in [5.74, 6) is 1.65. The lowest BCUT2D eigenvalue weighted by Crippen LogP contribution is -2.49. The summed E-state index contributed by atoms with van der Waals surface area (Å²) in [6, 6.07) is 11.0. The third kappa shape index (κ3) is 3.77. The molecule has 6 nitrogen and oxygen atoms in total. The van der Waals surface area contributed by atoms with Crippen LogP contribution >= 0.6 is 0 Å². The molecule has 3 unspecified atom stereocenters. The fraction of sp³-hybridized carbons (Fsp3) is 0.524. The summed E-state index contributed by atoms with van der Waals surface area (Å²) in [5, 5.41) is 3.94. The van der Waals surface area contributed by atoms with Gasteiger partial charge in [-0.2, -0.15) is 0 Å². The van der Waals surface area contributed by atoms with Gasteiger partial charge in [-0.1, -0.05) is 35.5 Å². The van der Waals surface area contributed by atoms with Crippen LogP contribution in [-0.2, 0) is 6.42 Å². The molecule has 0 bridgehead atoms. The van der Waals surface area contributed by atoms with Crippen LogP contribution in [0.5, 0.6) is 0 Å². The number of benzene rings is 1. The Kier molecular flexibility index (Phi) is 5.27. The zero-order valence-corrected chi connectivity index (χ0v) is 16.1. The molecule has 2 N–H and O–H groups in total. The van der Waals surface area contributed by atoms with Crippen molar-refractivity contribution in [1.82, 2.24) is 20.9 Å². The van der Waals surface area contributed by atoms with Crippen LogP contribution in [0.15, 0.2) is 34.9 Å². The summed E-state index contributed by atoms with van der Waals surface area (Å²) in [5.41, 5.74) is 9.53. The van der Waals surface area contributed by atoms with E-state index in [1.807, 2.05) is 18.7 Å². The lowest BCUT2D eigenvalue weighted by molar-refractivity contribution is 0.0632. The van der Waals surface area contributed by atoms with Crippen molar-refractivity contribution in [1.29, 1.82) is 0 Å². The van der Waals surface area contributed by atoms with E-state index in [-0.39, 0.29) is 5.91 Å². The van der Waals surface area contributed by atoms with Crippen molar-refractivity contribution in [3.8, 4) is 0 Å². The van der Waals surface area contributed by atoms with Crippen molar-refractivity contribution >= 4 is 5.91 Å². The number of aryl methyl sites for hydroxylation is 2. The molecule has 3 heterocycles. The van der Waals surface area contributed by atoms with E-state index in [0.717, 1.165) is 38.9 Å². The van der Waals surface area contributed by atoms with E-state index in [9.17, 15) is 4.79 Å². The number of aromatic nitrogens is 1. The van der Waals surface area contributed by atoms with E-state index in [0.29, 0.717) is 34.9 Å². The van der Waals surface area contributed by atoms with Crippen LogP contribution in [0.25, 0.3) is 0 Å². The Morgan fingerprint density at radius 1 is 1.30 bits per heavy atom. The van der Waals surface area contributed by atoms with Crippen LogP contribution in [0.2, 0.25) is 0 Å². The summed E-state index contributed by atoms with van der Waals surface area (Å²) < 4.78 is 5.20. The van der Waals surface area contributed by atoms with E-state index >= 15 is 0 Å². The quantitative estimate of drug-likeness (QED) is 0.868. The summed E-state index contributed by atoms with van der Waals surface area (Å²) in [7, 11) is 0. The second-order valence-electron chi connectivity index (χ2n) is 7.85. The number of rotatable bonds is 4. The lowest BCUT2D eigenvalue weighted by atomic mass is 9.81. The van der Waals surface area contributed by atoms with E-state index in [1.54, 1.807) is 0 Å². The average Bonchev–Trinajstić information content (AvgIpc) is 3.28. The number of hydrogen-bond acceptors (Lipinski definition) is 5. The minimum absolute atomic E-state index is 0.0570. The highest BCUT2D eigenvalue weighted by atomic mass is 16.5. The normalized spacial score (nSPS) is 25.7. The molecule has 1 aromatic carbocycles. The number of carbonyl (C=O) groups is 1. The van der Waals surface area contributed by atoms with Gasteiger partial charge >= 0.3 is 0 Å². The molecule has 2 aliphatic heterocycles. The van der Waals surface area contributed by atoms with Gasteiger partial charge in [-0.25, -0.2) is 0 Å². The van der Waals surface area contributed by atoms with Crippen molar-refractivity contribution in [2.75, 3.05) is 19.6 Å². The van der Waals surface area contributed by atoms with Gasteiger partial charge in [-0.3, -0.25) is 15.6 Å². The molecular weight excluding hydrogens is 340 g/mol. The Morgan fingerprint density at radius 3 is 2.85 bits per heavy atom. The van der Waals surface area contributed by atoms with Crippen molar-refractivity contribution in [3.63, 3.8) is 0 Å². The molecule has 4 rings (SSSR count). The van der Waals surface area contributed by atoms with E-state index in [1.165, 1.54) is 5.56 Å². The lowest BCUT2D eigenvalue weighted by Gasteiger charge is -2.37. The Bertz CT molecular complexity index is 769. The Labute approximate surface area is 160 Å². The van der Waals surface area contributed by atoms with Gasteiger partial charge in [0, 0.05) is 25.7 Å². The first-order chi connectivity index (χ1) is 13.1. The number of carbonyl (C=O) groups excluding carboxylic acids is 1. The Hall–Kier alpha value is -2.18. The van der Waals surface area contributed by atoms with Gasteiger partial charge in [0.2, 0.25) is 0 Å². The third-order valence-corrected chi connectivity index (χ3v) is 5.98. The van der Waals surface area contributed by atoms with Gasteiger partial charge in [0.05, 0.1) is 5.69 Å². The standard InChI is InChI=1S/C21H28N4O2/c1-14-19(15(2)27-24-14)21(26)25-10-6-9-17(13-25)20-18(12-22-23-20)11-16-7-4-3-5-8-16/h3-5,7-8,17-18,20,22-23H,6,9-13H2,1-2H3. The average molecular weight is 368 g/mol. The molecule has 2 aromatic rings. The van der Waals surface area contributed by atoms with Crippen LogP contribution in [0.1, 0.15) is 40.2 Å². The largest absolute Gasteiger partial charge is 0.361 e. The van der Waals surface area contributed by atoms with Crippen LogP contribution in [0.4, 0.5) is 0 Å². The summed E-state index contributed by atoms with van der Waals surface area (Å²) >= 11 is 0. The first-order valence-electron chi connectivity index (χ1n) is 9.88. The SMILES string of the molecule is Cc1noc(C)c1C(=O)N1CCCC(C2NNCC2Cc2ccccc2)C1. The highest BCUT2D eigenvalue weighted by Gasteiger charge is 2.37. The molecule has 0 spiro atoms. The second-order valence-corrected chi connectivity index (χ2v) is 7.85. The van der Waals surface area contributed by atoms with Crippen molar-refractivity contribution in [2.24, 2.45) is 11.8 Å². The molecule has 1 aromatic heterocycles. The molecule has 1 amide bonds. The number of hydrogen-bond donors (Lipinski definition) is 2. The fourth-order valence-corrected chi connectivity index (χ4v) is 4.61. The van der Waals surface area contributed by atoms with Gasteiger partial charge < -0.3 is 9.42 Å². The molecule has 3 atom stereocenters. The predicted molar refractivity (Wildman–Crippen MR) is 103 cm³/mol. The number of likely N-dealkylation sites (tertiary alicyclic amines) is 1. The van der Waals surface area contributed by atoms with Crippen LogP contribution < -0.4 is 10.9 Å². The minimum atomic E-state index is 0.0570. The minimum Gasteiger partial charge on any atom is -0.361 e. The first kappa shape index (κ1) is 18.2. The van der Waals surface area contributed by atoms with Gasteiger partial charge in [0.1, 0.15) is 11.3 Å². The molecular formula is C21H28N4O2. The summed E-state index contributed by atoms with van der Waals surface area (Å²) in [4.78, 5) is 15.0. The van der Waals surface area contributed by atoms with E-state index < -0.39 is 0 Å². The van der Waals surface area contributed by atoms with E-state index in [4.69, 9.17) is 4.52 Å². The Balaban J connectivity index is 1.45. The topological polar surface area (TPSA) is 70.4 Å². The van der Waals surface area contributed by atoms with Gasteiger partial charge in [0.25, 0.3) is 5.91 Å². The van der Waals surface area contributed by atoms with Crippen LogP contribution in [-0.4, -0.2) is 41.6 Å². The maximum absolute atomic E-state index is 13.0. The molecule has 0 aliphatic carbocycles. The van der Waals surface area contributed by atoms with Crippen LogP contribution in [0.3, 0.4) is 0 Å². The highest BCUT2D eigenvalue weighted by molar-refractivity contribution is 5.96. The molecule has 27 heavy (non-hydrogen) atoms. The smallest absolute Gasteiger partial charge is 0.259 e. The van der Waals surface area contributed by atoms with E-state index in [2.05, 4.69) is 46.3 Å². The van der Waals surface area contributed by atoms with Gasteiger partial charge in [-0.15, -0.1) is 0 Å². The molecule has 0 saturated carbocycles. The van der Waals surface area contributed by atoms with Crippen molar-refractivity contribution in [3.05, 3.63) is 52.9 Å². The third-order valence-electron chi connectivity index (χ3n) is 5.98. The van der Waals surface area contributed by atoms with Gasteiger partial charge in [0.15, 0.2) is 0 Å². The number of nitrogens with zero attached hydrogens (tertiary/aromatic N) is 2. The second kappa shape index (κ2) is 7.82. The number of amides is 1. The monoisotopic (exact) mass is 368 g/mol. The van der Waals surface area contributed by atoms with Gasteiger partial charge in [-0.05, 0) is 50.5 Å². The Morgan fingerprint density at radius 2 is 2.11 bits per heavy atom. The van der Waals surface area contributed by atoms with Crippen LogP contribution in [0, 0.1) is 25.7 Å². The molecule has 2 saturated heterocycles.